The fourth-order valence-corrected chi connectivity index (χ4v) is 2.48. The van der Waals surface area contributed by atoms with Crippen molar-refractivity contribution in [3.05, 3.63) is 102 Å². The highest BCUT2D eigenvalue weighted by Gasteiger charge is 1.99. The first-order valence-electron chi connectivity index (χ1n) is 8.22. The van der Waals surface area contributed by atoms with E-state index in [1.165, 1.54) is 11.1 Å². The summed E-state index contributed by atoms with van der Waals surface area (Å²) in [6.45, 7) is 0.624. The molecule has 0 radical (unpaired) electrons. The van der Waals surface area contributed by atoms with Crippen LogP contribution in [0.5, 0.6) is 5.75 Å². The van der Waals surface area contributed by atoms with Crippen LogP contribution in [0.4, 0.5) is 0 Å². The van der Waals surface area contributed by atoms with Crippen molar-refractivity contribution in [2.45, 2.75) is 12.8 Å². The highest BCUT2D eigenvalue weighted by Crippen LogP contribution is 2.15. The van der Waals surface area contributed by atoms with Crippen molar-refractivity contribution in [3.63, 3.8) is 0 Å². The van der Waals surface area contributed by atoms with Crippen LogP contribution in [0, 0.1) is 0 Å². The van der Waals surface area contributed by atoms with Gasteiger partial charge in [0.05, 0.1) is 6.61 Å². The van der Waals surface area contributed by atoms with Gasteiger partial charge in [-0.2, -0.15) is 0 Å². The molecule has 1 heterocycles. The molecule has 24 heavy (non-hydrogen) atoms. The Hall–Kier alpha value is -2.87. The Morgan fingerprint density at radius 1 is 0.750 bits per heavy atom. The van der Waals surface area contributed by atoms with E-state index < -0.39 is 0 Å². The number of hydrogen-bond donors (Lipinski definition) is 0. The van der Waals surface area contributed by atoms with Crippen molar-refractivity contribution in [1.29, 1.82) is 0 Å². The second kappa shape index (κ2) is 8.68. The van der Waals surface area contributed by atoms with Gasteiger partial charge in [-0.25, -0.2) is 0 Å². The summed E-state index contributed by atoms with van der Waals surface area (Å²) >= 11 is 0. The minimum absolute atomic E-state index is 0.624. The van der Waals surface area contributed by atoms with E-state index in [0.717, 1.165) is 24.3 Å². The summed E-state index contributed by atoms with van der Waals surface area (Å²) in [6.07, 6.45) is 13.5. The first-order valence-corrected chi connectivity index (χ1v) is 8.22. The van der Waals surface area contributed by atoms with Gasteiger partial charge in [-0.3, -0.25) is 4.99 Å². The lowest BCUT2D eigenvalue weighted by atomic mass is 10.1. The maximum atomic E-state index is 5.83. The zero-order valence-corrected chi connectivity index (χ0v) is 13.6. The molecular weight excluding hydrogens is 294 g/mol. The maximum absolute atomic E-state index is 5.83. The molecular formula is C22H21NO. The number of allylic oxidation sites excluding steroid dienone is 5. The van der Waals surface area contributed by atoms with Crippen molar-refractivity contribution in [1.82, 2.24) is 0 Å². The molecule has 2 aromatic carbocycles. The lowest BCUT2D eigenvalue weighted by Crippen LogP contribution is -2.04. The minimum atomic E-state index is 0.624. The average Bonchev–Trinajstić information content (AvgIpc) is 2.59. The molecule has 0 aliphatic carbocycles. The van der Waals surface area contributed by atoms with Crippen molar-refractivity contribution >= 4 is 5.71 Å². The van der Waals surface area contributed by atoms with Gasteiger partial charge >= 0.3 is 0 Å². The van der Waals surface area contributed by atoms with Gasteiger partial charge in [0, 0.05) is 18.3 Å². The highest BCUT2D eigenvalue weighted by atomic mass is 16.5. The molecule has 1 aliphatic heterocycles. The van der Waals surface area contributed by atoms with E-state index in [2.05, 4.69) is 41.4 Å². The Kier molecular flexibility index (Phi) is 5.79. The van der Waals surface area contributed by atoms with Gasteiger partial charge in [0.15, 0.2) is 0 Å². The zero-order valence-electron chi connectivity index (χ0n) is 13.6. The number of rotatable bonds is 6. The predicted octanol–water partition coefficient (Wildman–Crippen LogP) is 5.13. The van der Waals surface area contributed by atoms with E-state index in [1.54, 1.807) is 0 Å². The van der Waals surface area contributed by atoms with Crippen molar-refractivity contribution in [3.8, 4) is 5.75 Å². The molecule has 2 nitrogen and oxygen atoms in total. The number of hydrogen-bond acceptors (Lipinski definition) is 2. The van der Waals surface area contributed by atoms with Crippen LogP contribution >= 0.6 is 0 Å². The van der Waals surface area contributed by atoms with Gasteiger partial charge in [0.1, 0.15) is 5.75 Å². The molecule has 3 rings (SSSR count). The second-order valence-electron chi connectivity index (χ2n) is 5.61. The van der Waals surface area contributed by atoms with Gasteiger partial charge in [-0.05, 0) is 41.8 Å². The van der Waals surface area contributed by atoms with Crippen LogP contribution in [-0.4, -0.2) is 12.3 Å². The van der Waals surface area contributed by atoms with Gasteiger partial charge in [0.25, 0.3) is 0 Å². The van der Waals surface area contributed by atoms with Crippen LogP contribution in [0.1, 0.15) is 17.5 Å². The van der Waals surface area contributed by atoms with Crippen LogP contribution < -0.4 is 4.74 Å². The van der Waals surface area contributed by atoms with Gasteiger partial charge in [-0.1, -0.05) is 60.7 Å². The van der Waals surface area contributed by atoms with Crippen LogP contribution in [0.2, 0.25) is 0 Å². The topological polar surface area (TPSA) is 21.6 Å². The summed E-state index contributed by atoms with van der Waals surface area (Å²) in [5.74, 6) is 0.901. The molecule has 0 amide bonds. The number of benzene rings is 2. The summed E-state index contributed by atoms with van der Waals surface area (Å²) in [6, 6.07) is 18.8. The highest BCUT2D eigenvalue weighted by molar-refractivity contribution is 5.95. The summed E-state index contributed by atoms with van der Waals surface area (Å²) in [5.41, 5.74) is 3.64. The molecule has 120 valence electrons. The van der Waals surface area contributed by atoms with Crippen LogP contribution in [0.3, 0.4) is 0 Å². The Labute approximate surface area is 143 Å². The summed E-state index contributed by atoms with van der Waals surface area (Å²) in [4.78, 5) is 4.39. The molecule has 0 saturated heterocycles. The van der Waals surface area contributed by atoms with E-state index >= 15 is 0 Å². The molecule has 0 bridgehead atoms. The lowest BCUT2D eigenvalue weighted by molar-refractivity contribution is 0.329. The summed E-state index contributed by atoms with van der Waals surface area (Å²) in [7, 11) is 0. The normalized spacial score (nSPS) is 19.4. The standard InChI is InChI=1S/C22H21NO/c1-2-7-16-23-21(10-6-1)15-17-24-22-13-11-20(12-14-22)18-19-8-4-3-5-9-19/h1-14,16H,15,17-18H2/b2-1-,6-1?,7-2?,10-6-,16-7-,21-10?,23-16?,23-21+. The Morgan fingerprint density at radius 2 is 1.50 bits per heavy atom. The average molecular weight is 315 g/mol. The number of aliphatic imine (C=N–C) groups is 1. The molecule has 2 heteroatoms. The monoisotopic (exact) mass is 315 g/mol. The van der Waals surface area contributed by atoms with Crippen molar-refractivity contribution in [2.75, 3.05) is 6.61 Å². The first-order chi connectivity index (χ1) is 11.9. The quantitative estimate of drug-likeness (QED) is 0.724. The van der Waals surface area contributed by atoms with E-state index in [4.69, 9.17) is 4.74 Å². The Morgan fingerprint density at radius 3 is 2.33 bits per heavy atom. The maximum Gasteiger partial charge on any atom is 0.119 e. The molecule has 0 saturated carbocycles. The van der Waals surface area contributed by atoms with E-state index in [9.17, 15) is 0 Å². The third kappa shape index (κ3) is 5.10. The summed E-state index contributed by atoms with van der Waals surface area (Å²) < 4.78 is 5.83. The van der Waals surface area contributed by atoms with E-state index in [1.807, 2.05) is 54.8 Å². The van der Waals surface area contributed by atoms with Crippen LogP contribution in [0.25, 0.3) is 0 Å². The molecule has 2 aromatic rings. The van der Waals surface area contributed by atoms with Crippen molar-refractivity contribution < 1.29 is 4.74 Å². The van der Waals surface area contributed by atoms with Crippen molar-refractivity contribution in [2.24, 2.45) is 4.99 Å². The second-order valence-corrected chi connectivity index (χ2v) is 5.61. The van der Waals surface area contributed by atoms with Gasteiger partial charge in [-0.15, -0.1) is 0 Å². The lowest BCUT2D eigenvalue weighted by Gasteiger charge is -2.08. The van der Waals surface area contributed by atoms with E-state index in [0.29, 0.717) is 6.61 Å². The third-order valence-corrected chi connectivity index (χ3v) is 3.75. The zero-order chi connectivity index (χ0) is 16.5. The van der Waals surface area contributed by atoms with Crippen LogP contribution in [0.15, 0.2) is 96.2 Å². The third-order valence-electron chi connectivity index (χ3n) is 3.75. The molecule has 0 fully saturated rings. The van der Waals surface area contributed by atoms with Gasteiger partial charge < -0.3 is 4.74 Å². The Bertz CT molecular complexity index is 752. The molecule has 0 spiro atoms. The molecule has 0 atom stereocenters. The Balaban J connectivity index is 1.49. The fourth-order valence-electron chi connectivity index (χ4n) is 2.48. The number of nitrogens with zero attached hydrogens (tertiary/aromatic N) is 1. The molecule has 0 unspecified atom stereocenters. The molecule has 1 aliphatic rings. The smallest absolute Gasteiger partial charge is 0.119 e. The van der Waals surface area contributed by atoms with Gasteiger partial charge in [0.2, 0.25) is 0 Å². The van der Waals surface area contributed by atoms with Crippen LogP contribution in [-0.2, 0) is 6.42 Å². The number of ether oxygens (including phenoxy) is 1. The SMILES string of the molecule is C1=C\C=C/C(CCOc2ccc(Cc3ccccc3)cc2)=N\C=C/1. The molecule has 0 N–H and O–H groups in total. The fraction of sp³-hybridized carbons (Fsp3) is 0.136. The van der Waals surface area contributed by atoms with E-state index in [-0.39, 0.29) is 0 Å². The minimum Gasteiger partial charge on any atom is -0.493 e. The predicted molar refractivity (Wildman–Crippen MR) is 101 cm³/mol. The first kappa shape index (κ1) is 16.0. The molecule has 0 aromatic heterocycles. The summed E-state index contributed by atoms with van der Waals surface area (Å²) in [5, 5.41) is 0. The largest absolute Gasteiger partial charge is 0.493 e.